The first-order valence-corrected chi connectivity index (χ1v) is 6.74. The van der Waals surface area contributed by atoms with Gasteiger partial charge in [-0.2, -0.15) is 0 Å². The van der Waals surface area contributed by atoms with Crippen molar-refractivity contribution in [2.24, 2.45) is 5.73 Å². The average molecular weight is 262 g/mol. The SMILES string of the molecule is COc1ccc(N(C)C(CN)c2cccs2)cc1. The van der Waals surface area contributed by atoms with E-state index in [2.05, 4.69) is 41.6 Å². The largest absolute Gasteiger partial charge is 0.497 e. The third-order valence-electron chi connectivity index (χ3n) is 3.04. The molecule has 0 radical (unpaired) electrons. The van der Waals surface area contributed by atoms with Crippen molar-refractivity contribution < 1.29 is 4.74 Å². The number of hydrogen-bond acceptors (Lipinski definition) is 4. The minimum absolute atomic E-state index is 0.221. The molecule has 1 aromatic carbocycles. The molecular weight excluding hydrogens is 244 g/mol. The average Bonchev–Trinajstić information content (AvgIpc) is 2.93. The van der Waals surface area contributed by atoms with Gasteiger partial charge in [0.1, 0.15) is 5.75 Å². The molecule has 1 heterocycles. The molecule has 1 atom stereocenters. The van der Waals surface area contributed by atoms with Gasteiger partial charge < -0.3 is 15.4 Å². The molecule has 0 aliphatic rings. The fraction of sp³-hybridized carbons (Fsp3) is 0.286. The van der Waals surface area contributed by atoms with Crippen LogP contribution < -0.4 is 15.4 Å². The van der Waals surface area contributed by atoms with Crippen LogP contribution >= 0.6 is 11.3 Å². The molecule has 4 heteroatoms. The highest BCUT2D eigenvalue weighted by molar-refractivity contribution is 7.10. The molecule has 0 saturated carbocycles. The van der Waals surface area contributed by atoms with Crippen molar-refractivity contribution in [2.45, 2.75) is 6.04 Å². The van der Waals surface area contributed by atoms with E-state index in [1.807, 2.05) is 12.1 Å². The van der Waals surface area contributed by atoms with Crippen LogP contribution in [0.15, 0.2) is 41.8 Å². The molecule has 0 amide bonds. The Labute approximate surface area is 112 Å². The van der Waals surface area contributed by atoms with Crippen LogP contribution in [0.3, 0.4) is 0 Å². The quantitative estimate of drug-likeness (QED) is 0.900. The topological polar surface area (TPSA) is 38.5 Å². The fourth-order valence-electron chi connectivity index (χ4n) is 1.94. The van der Waals surface area contributed by atoms with Crippen molar-refractivity contribution in [3.05, 3.63) is 46.7 Å². The Hall–Kier alpha value is -1.52. The first-order chi connectivity index (χ1) is 8.76. The van der Waals surface area contributed by atoms with Crippen molar-refractivity contribution in [1.29, 1.82) is 0 Å². The molecular formula is C14H18N2OS. The van der Waals surface area contributed by atoms with Crippen LogP contribution in [-0.4, -0.2) is 20.7 Å². The monoisotopic (exact) mass is 262 g/mol. The lowest BCUT2D eigenvalue weighted by atomic mass is 10.2. The summed E-state index contributed by atoms with van der Waals surface area (Å²) in [6.07, 6.45) is 0. The Morgan fingerprint density at radius 3 is 2.50 bits per heavy atom. The summed E-state index contributed by atoms with van der Waals surface area (Å²) < 4.78 is 5.17. The summed E-state index contributed by atoms with van der Waals surface area (Å²) >= 11 is 1.74. The molecule has 1 unspecified atom stereocenters. The smallest absolute Gasteiger partial charge is 0.119 e. The van der Waals surface area contributed by atoms with Gasteiger partial charge in [0.25, 0.3) is 0 Å². The van der Waals surface area contributed by atoms with E-state index in [9.17, 15) is 0 Å². The van der Waals surface area contributed by atoms with Crippen LogP contribution in [0.25, 0.3) is 0 Å². The molecule has 0 aliphatic carbocycles. The summed E-state index contributed by atoms with van der Waals surface area (Å²) in [5, 5.41) is 2.08. The molecule has 3 nitrogen and oxygen atoms in total. The number of anilines is 1. The Kier molecular flexibility index (Phi) is 4.23. The van der Waals surface area contributed by atoms with E-state index in [1.54, 1.807) is 18.4 Å². The Morgan fingerprint density at radius 2 is 2.00 bits per heavy atom. The van der Waals surface area contributed by atoms with Gasteiger partial charge in [-0.1, -0.05) is 6.07 Å². The first kappa shape index (κ1) is 12.9. The Bertz CT molecular complexity index is 467. The van der Waals surface area contributed by atoms with Crippen molar-refractivity contribution in [3.63, 3.8) is 0 Å². The maximum absolute atomic E-state index is 5.90. The van der Waals surface area contributed by atoms with Gasteiger partial charge in [0.15, 0.2) is 0 Å². The molecule has 1 aromatic heterocycles. The Morgan fingerprint density at radius 1 is 1.28 bits per heavy atom. The minimum atomic E-state index is 0.221. The number of rotatable bonds is 5. The van der Waals surface area contributed by atoms with Gasteiger partial charge >= 0.3 is 0 Å². The molecule has 18 heavy (non-hydrogen) atoms. The number of hydrogen-bond donors (Lipinski definition) is 1. The van der Waals surface area contributed by atoms with Gasteiger partial charge in [0, 0.05) is 24.2 Å². The molecule has 0 spiro atoms. The lowest BCUT2D eigenvalue weighted by molar-refractivity contribution is 0.415. The van der Waals surface area contributed by atoms with Gasteiger partial charge in [-0.25, -0.2) is 0 Å². The van der Waals surface area contributed by atoms with Gasteiger partial charge in [0.2, 0.25) is 0 Å². The third-order valence-corrected chi connectivity index (χ3v) is 4.02. The summed E-state index contributed by atoms with van der Waals surface area (Å²) in [7, 11) is 3.74. The molecule has 2 rings (SSSR count). The molecule has 0 fully saturated rings. The van der Waals surface area contributed by atoms with E-state index in [4.69, 9.17) is 10.5 Å². The lowest BCUT2D eigenvalue weighted by Crippen LogP contribution is -2.29. The molecule has 2 N–H and O–H groups in total. The second-order valence-electron chi connectivity index (χ2n) is 4.08. The van der Waals surface area contributed by atoms with E-state index >= 15 is 0 Å². The zero-order valence-corrected chi connectivity index (χ0v) is 11.5. The standard InChI is InChI=1S/C14H18N2OS/c1-16(11-5-7-12(17-2)8-6-11)13(10-15)14-4-3-9-18-14/h3-9,13H,10,15H2,1-2H3. The normalized spacial score (nSPS) is 12.2. The fourth-order valence-corrected chi connectivity index (χ4v) is 2.83. The number of nitrogens with zero attached hydrogens (tertiary/aromatic N) is 1. The highest BCUT2D eigenvalue weighted by atomic mass is 32.1. The predicted octanol–water partition coefficient (Wildman–Crippen LogP) is 2.89. The minimum Gasteiger partial charge on any atom is -0.497 e. The lowest BCUT2D eigenvalue weighted by Gasteiger charge is -2.28. The number of methoxy groups -OCH3 is 1. The predicted molar refractivity (Wildman–Crippen MR) is 77.5 cm³/mol. The van der Waals surface area contributed by atoms with Crippen molar-refractivity contribution in [1.82, 2.24) is 0 Å². The van der Waals surface area contributed by atoms with Crippen LogP contribution in [0.4, 0.5) is 5.69 Å². The maximum Gasteiger partial charge on any atom is 0.119 e. The Balaban J connectivity index is 2.20. The van der Waals surface area contributed by atoms with Crippen LogP contribution in [0.5, 0.6) is 5.75 Å². The van der Waals surface area contributed by atoms with Crippen molar-refractivity contribution in [3.8, 4) is 5.75 Å². The molecule has 2 aromatic rings. The third kappa shape index (κ3) is 2.66. The van der Waals surface area contributed by atoms with Crippen LogP contribution in [0, 0.1) is 0 Å². The van der Waals surface area contributed by atoms with E-state index < -0.39 is 0 Å². The summed E-state index contributed by atoms with van der Waals surface area (Å²) in [5.41, 5.74) is 7.04. The number of thiophene rings is 1. The maximum atomic E-state index is 5.90. The molecule has 0 saturated heterocycles. The highest BCUT2D eigenvalue weighted by Gasteiger charge is 2.16. The number of benzene rings is 1. The highest BCUT2D eigenvalue weighted by Crippen LogP contribution is 2.28. The van der Waals surface area contributed by atoms with Crippen molar-refractivity contribution >= 4 is 17.0 Å². The van der Waals surface area contributed by atoms with E-state index in [1.165, 1.54) is 4.88 Å². The van der Waals surface area contributed by atoms with Crippen LogP contribution in [0.2, 0.25) is 0 Å². The summed E-state index contributed by atoms with van der Waals surface area (Å²) in [5.74, 6) is 0.868. The zero-order valence-electron chi connectivity index (χ0n) is 10.7. The van der Waals surface area contributed by atoms with Crippen LogP contribution in [-0.2, 0) is 0 Å². The van der Waals surface area contributed by atoms with Gasteiger partial charge in [-0.05, 0) is 35.7 Å². The second-order valence-corrected chi connectivity index (χ2v) is 5.06. The first-order valence-electron chi connectivity index (χ1n) is 5.86. The van der Waals surface area contributed by atoms with E-state index in [0.29, 0.717) is 6.54 Å². The van der Waals surface area contributed by atoms with Gasteiger partial charge in [0.05, 0.1) is 13.2 Å². The number of nitrogens with two attached hydrogens (primary N) is 1. The number of likely N-dealkylation sites (N-methyl/N-ethyl adjacent to an activating group) is 1. The molecule has 0 bridgehead atoms. The second kappa shape index (κ2) is 5.89. The summed E-state index contributed by atoms with van der Waals surface area (Å²) in [6, 6.07) is 12.4. The summed E-state index contributed by atoms with van der Waals surface area (Å²) in [6.45, 7) is 0.600. The summed E-state index contributed by atoms with van der Waals surface area (Å²) in [4.78, 5) is 3.49. The van der Waals surface area contributed by atoms with E-state index in [-0.39, 0.29) is 6.04 Å². The molecule has 0 aliphatic heterocycles. The van der Waals surface area contributed by atoms with E-state index in [0.717, 1.165) is 11.4 Å². The van der Waals surface area contributed by atoms with Gasteiger partial charge in [-0.15, -0.1) is 11.3 Å². The van der Waals surface area contributed by atoms with Crippen LogP contribution in [0.1, 0.15) is 10.9 Å². The van der Waals surface area contributed by atoms with Gasteiger partial charge in [-0.3, -0.25) is 0 Å². The number of ether oxygens (including phenoxy) is 1. The van der Waals surface area contributed by atoms with Crippen molar-refractivity contribution in [2.75, 3.05) is 25.6 Å². The molecule has 96 valence electrons. The zero-order chi connectivity index (χ0) is 13.0.